The molecule has 4 aromatic rings. The molecule has 7 heteroatoms. The number of aromatic nitrogens is 4. The van der Waals surface area contributed by atoms with Crippen LogP contribution in [-0.4, -0.2) is 38.0 Å². The lowest BCUT2D eigenvalue weighted by Crippen LogP contribution is -2.26. The third kappa shape index (κ3) is 3.78. The van der Waals surface area contributed by atoms with Crippen LogP contribution in [0.5, 0.6) is 0 Å². The van der Waals surface area contributed by atoms with Crippen molar-refractivity contribution in [1.82, 2.24) is 25.1 Å². The predicted molar refractivity (Wildman–Crippen MR) is 105 cm³/mol. The first-order valence-electron chi connectivity index (χ1n) is 8.42. The summed E-state index contributed by atoms with van der Waals surface area (Å²) in [7, 11) is 1.76. The maximum absolute atomic E-state index is 12.7. The van der Waals surface area contributed by atoms with Crippen LogP contribution in [0.1, 0.15) is 16.2 Å². The molecule has 0 radical (unpaired) electrons. The fourth-order valence-electron chi connectivity index (χ4n) is 2.72. The molecule has 134 valence electrons. The van der Waals surface area contributed by atoms with Crippen molar-refractivity contribution in [3.8, 4) is 21.8 Å². The molecule has 0 fully saturated rings. The minimum Gasteiger partial charge on any atom is -0.334 e. The summed E-state index contributed by atoms with van der Waals surface area (Å²) in [5.41, 5.74) is 4.02. The van der Waals surface area contributed by atoms with Crippen LogP contribution >= 0.6 is 11.3 Å². The van der Waals surface area contributed by atoms with Gasteiger partial charge in [-0.1, -0.05) is 30.3 Å². The smallest absolute Gasteiger partial charge is 0.271 e. The molecule has 0 unspecified atom stereocenters. The SMILES string of the molecule is CN(Cc1csc(-c2ccccc2)n1)C(=O)c1cc(-c2ccncc2)n[nH]1. The molecule has 0 aliphatic heterocycles. The number of aromatic amines is 1. The maximum atomic E-state index is 12.7. The highest BCUT2D eigenvalue weighted by atomic mass is 32.1. The highest BCUT2D eigenvalue weighted by molar-refractivity contribution is 7.13. The number of thiazole rings is 1. The van der Waals surface area contributed by atoms with Crippen LogP contribution in [0, 0.1) is 0 Å². The van der Waals surface area contributed by atoms with Crippen molar-refractivity contribution in [2.24, 2.45) is 0 Å². The Balaban J connectivity index is 1.46. The number of carbonyl (C=O) groups excluding carboxylic acids is 1. The van der Waals surface area contributed by atoms with E-state index in [-0.39, 0.29) is 5.91 Å². The van der Waals surface area contributed by atoms with E-state index in [0.29, 0.717) is 17.9 Å². The molecule has 0 aliphatic carbocycles. The van der Waals surface area contributed by atoms with E-state index in [4.69, 9.17) is 0 Å². The molecule has 1 aromatic carbocycles. The van der Waals surface area contributed by atoms with E-state index in [1.807, 2.05) is 47.8 Å². The first kappa shape index (κ1) is 17.1. The molecule has 1 amide bonds. The summed E-state index contributed by atoms with van der Waals surface area (Å²) in [5, 5.41) is 9.99. The van der Waals surface area contributed by atoms with Gasteiger partial charge in [-0.05, 0) is 18.2 Å². The lowest BCUT2D eigenvalue weighted by atomic mass is 10.2. The van der Waals surface area contributed by atoms with Crippen LogP contribution in [0.2, 0.25) is 0 Å². The van der Waals surface area contributed by atoms with Gasteiger partial charge in [0, 0.05) is 35.9 Å². The fourth-order valence-corrected chi connectivity index (χ4v) is 3.53. The summed E-state index contributed by atoms with van der Waals surface area (Å²) in [4.78, 5) is 23.0. The molecular weight excluding hydrogens is 358 g/mol. The van der Waals surface area contributed by atoms with E-state index < -0.39 is 0 Å². The number of pyridine rings is 1. The van der Waals surface area contributed by atoms with Crippen LogP contribution in [0.4, 0.5) is 0 Å². The zero-order valence-electron chi connectivity index (χ0n) is 14.7. The molecule has 0 saturated heterocycles. The van der Waals surface area contributed by atoms with Crippen molar-refractivity contribution in [3.05, 3.63) is 77.7 Å². The topological polar surface area (TPSA) is 74.8 Å². The lowest BCUT2D eigenvalue weighted by Gasteiger charge is -2.14. The van der Waals surface area contributed by atoms with Crippen molar-refractivity contribution in [2.75, 3.05) is 7.05 Å². The van der Waals surface area contributed by atoms with Gasteiger partial charge < -0.3 is 4.90 Å². The summed E-state index contributed by atoms with van der Waals surface area (Å²) >= 11 is 1.58. The van der Waals surface area contributed by atoms with Gasteiger partial charge in [0.1, 0.15) is 10.7 Å². The number of amides is 1. The molecule has 4 rings (SSSR count). The third-order valence-electron chi connectivity index (χ3n) is 4.10. The van der Waals surface area contributed by atoms with Gasteiger partial charge in [0.15, 0.2) is 0 Å². The Kier molecular flexibility index (Phi) is 4.76. The molecule has 3 heterocycles. The number of nitrogens with one attached hydrogen (secondary N) is 1. The molecule has 1 N–H and O–H groups in total. The second-order valence-electron chi connectivity index (χ2n) is 6.07. The van der Waals surface area contributed by atoms with E-state index >= 15 is 0 Å². The lowest BCUT2D eigenvalue weighted by molar-refractivity contribution is 0.0778. The van der Waals surface area contributed by atoms with Crippen molar-refractivity contribution < 1.29 is 4.79 Å². The molecule has 0 spiro atoms. The van der Waals surface area contributed by atoms with Gasteiger partial charge in [-0.25, -0.2) is 4.98 Å². The first-order valence-corrected chi connectivity index (χ1v) is 9.30. The van der Waals surface area contributed by atoms with Crippen LogP contribution in [0.25, 0.3) is 21.8 Å². The molecule has 27 heavy (non-hydrogen) atoms. The summed E-state index contributed by atoms with van der Waals surface area (Å²) in [6.07, 6.45) is 3.40. The molecule has 0 atom stereocenters. The zero-order valence-corrected chi connectivity index (χ0v) is 15.5. The van der Waals surface area contributed by atoms with Crippen molar-refractivity contribution in [3.63, 3.8) is 0 Å². The highest BCUT2D eigenvalue weighted by Gasteiger charge is 2.17. The number of hydrogen-bond acceptors (Lipinski definition) is 5. The van der Waals surface area contributed by atoms with Crippen LogP contribution in [0.3, 0.4) is 0 Å². The van der Waals surface area contributed by atoms with Gasteiger partial charge in [0.2, 0.25) is 0 Å². The Morgan fingerprint density at radius 2 is 1.89 bits per heavy atom. The molecule has 0 bridgehead atoms. The number of H-pyrrole nitrogens is 1. The number of benzene rings is 1. The van der Waals surface area contributed by atoms with Crippen molar-refractivity contribution in [1.29, 1.82) is 0 Å². The Bertz CT molecular complexity index is 1040. The van der Waals surface area contributed by atoms with Crippen molar-refractivity contribution >= 4 is 17.2 Å². The Morgan fingerprint density at radius 1 is 1.11 bits per heavy atom. The quantitative estimate of drug-likeness (QED) is 0.575. The average Bonchev–Trinajstić information content (AvgIpc) is 3.39. The van der Waals surface area contributed by atoms with Crippen molar-refractivity contribution in [2.45, 2.75) is 6.54 Å². The molecule has 0 aliphatic rings. The maximum Gasteiger partial charge on any atom is 0.271 e. The van der Waals surface area contributed by atoms with Crippen LogP contribution < -0.4 is 0 Å². The van der Waals surface area contributed by atoms with E-state index in [1.165, 1.54) is 0 Å². The summed E-state index contributed by atoms with van der Waals surface area (Å²) < 4.78 is 0. The Labute approximate surface area is 160 Å². The van der Waals surface area contributed by atoms with Gasteiger partial charge in [-0.15, -0.1) is 11.3 Å². The Hall–Kier alpha value is -3.32. The first-order chi connectivity index (χ1) is 13.2. The largest absolute Gasteiger partial charge is 0.334 e. The fraction of sp³-hybridized carbons (Fsp3) is 0.100. The van der Waals surface area contributed by atoms with Gasteiger partial charge in [-0.3, -0.25) is 14.9 Å². The molecule has 6 nitrogen and oxygen atoms in total. The number of hydrogen-bond donors (Lipinski definition) is 1. The summed E-state index contributed by atoms with van der Waals surface area (Å²) in [6, 6.07) is 15.5. The Morgan fingerprint density at radius 3 is 2.67 bits per heavy atom. The number of carbonyl (C=O) groups is 1. The monoisotopic (exact) mass is 375 g/mol. The second kappa shape index (κ2) is 7.51. The second-order valence-corrected chi connectivity index (χ2v) is 6.93. The van der Waals surface area contributed by atoms with E-state index in [9.17, 15) is 4.79 Å². The van der Waals surface area contributed by atoms with Gasteiger partial charge in [-0.2, -0.15) is 5.10 Å². The van der Waals surface area contributed by atoms with E-state index in [1.54, 1.807) is 41.7 Å². The summed E-state index contributed by atoms with van der Waals surface area (Å²) in [6.45, 7) is 0.436. The molecule has 3 aromatic heterocycles. The third-order valence-corrected chi connectivity index (χ3v) is 5.04. The minimum atomic E-state index is -0.128. The highest BCUT2D eigenvalue weighted by Crippen LogP contribution is 2.24. The standard InChI is InChI=1S/C20H17N5OS/c1-25(12-16-13-27-19(22-16)15-5-3-2-4-6-15)20(26)18-11-17(23-24-18)14-7-9-21-10-8-14/h2-11,13H,12H2,1H3,(H,23,24). The van der Waals surface area contributed by atoms with E-state index in [0.717, 1.165) is 21.8 Å². The predicted octanol–water partition coefficient (Wildman–Crippen LogP) is 3.87. The van der Waals surface area contributed by atoms with Crippen LogP contribution in [-0.2, 0) is 6.54 Å². The van der Waals surface area contributed by atoms with Gasteiger partial charge >= 0.3 is 0 Å². The zero-order chi connectivity index (χ0) is 18.6. The van der Waals surface area contributed by atoms with Crippen LogP contribution in [0.15, 0.2) is 66.3 Å². The average molecular weight is 375 g/mol. The van der Waals surface area contributed by atoms with Gasteiger partial charge in [0.25, 0.3) is 5.91 Å². The molecule has 0 saturated carbocycles. The normalized spacial score (nSPS) is 10.7. The number of nitrogens with zero attached hydrogens (tertiary/aromatic N) is 4. The summed E-state index contributed by atoms with van der Waals surface area (Å²) in [5.74, 6) is -0.128. The number of rotatable bonds is 5. The van der Waals surface area contributed by atoms with Gasteiger partial charge in [0.05, 0.1) is 17.9 Å². The molecular formula is C20H17N5OS. The van der Waals surface area contributed by atoms with E-state index in [2.05, 4.69) is 20.2 Å². The minimum absolute atomic E-state index is 0.128.